The lowest BCUT2D eigenvalue weighted by molar-refractivity contribution is 0.102. The van der Waals surface area contributed by atoms with Gasteiger partial charge in [-0.05, 0) is 36.8 Å². The summed E-state index contributed by atoms with van der Waals surface area (Å²) in [5.41, 5.74) is 1.66. The zero-order chi connectivity index (χ0) is 15.9. The molecule has 1 aromatic carbocycles. The van der Waals surface area contributed by atoms with Crippen LogP contribution >= 0.6 is 0 Å². The van der Waals surface area contributed by atoms with Crippen molar-refractivity contribution in [1.29, 1.82) is 0 Å². The van der Waals surface area contributed by atoms with Gasteiger partial charge in [-0.15, -0.1) is 0 Å². The summed E-state index contributed by atoms with van der Waals surface area (Å²) in [5, 5.41) is 2.65. The molecule has 0 aliphatic heterocycles. The summed E-state index contributed by atoms with van der Waals surface area (Å²) >= 11 is 0. The number of carbonyl (C=O) groups excluding carboxylic acids is 1. The van der Waals surface area contributed by atoms with E-state index in [4.69, 9.17) is 0 Å². The fraction of sp³-hybridized carbons (Fsp3) is 0.294. The molecular weight excluding hydrogens is 281 g/mol. The molecule has 5 heteroatoms. The van der Waals surface area contributed by atoms with Crippen LogP contribution in [0.3, 0.4) is 0 Å². The molecule has 0 saturated heterocycles. The minimum Gasteiger partial charge on any atom is -0.374 e. The summed E-state index contributed by atoms with van der Waals surface area (Å²) in [5.74, 6) is -0.741. The second-order valence-electron chi connectivity index (χ2n) is 5.14. The molecule has 1 amide bonds. The van der Waals surface area contributed by atoms with Gasteiger partial charge in [-0.2, -0.15) is 0 Å². The molecule has 2 rings (SSSR count). The molecule has 1 aromatic heterocycles. The van der Waals surface area contributed by atoms with E-state index in [1.54, 1.807) is 24.4 Å². The molecule has 0 unspecified atom stereocenters. The zero-order valence-corrected chi connectivity index (χ0v) is 12.8. The van der Waals surface area contributed by atoms with Crippen molar-refractivity contribution in [3.05, 3.63) is 54.1 Å². The molecule has 1 N–H and O–H groups in total. The Balaban J connectivity index is 2.10. The van der Waals surface area contributed by atoms with E-state index in [1.807, 2.05) is 13.1 Å². The summed E-state index contributed by atoms with van der Waals surface area (Å²) in [6, 6.07) is 9.40. The first-order chi connectivity index (χ1) is 10.6. The van der Waals surface area contributed by atoms with Crippen molar-refractivity contribution in [3.8, 4) is 0 Å². The molecule has 0 radical (unpaired) electrons. The molecule has 4 nitrogen and oxygen atoms in total. The molecule has 0 aliphatic rings. The SMILES string of the molecule is CCCCN(C)c1ccnc(C(=O)Nc2cccc(F)c2)c1. The third-order valence-corrected chi connectivity index (χ3v) is 3.35. The Morgan fingerprint density at radius 3 is 2.86 bits per heavy atom. The van der Waals surface area contributed by atoms with Crippen LogP contribution < -0.4 is 10.2 Å². The van der Waals surface area contributed by atoms with E-state index in [2.05, 4.69) is 22.1 Å². The van der Waals surface area contributed by atoms with Crippen molar-refractivity contribution >= 4 is 17.3 Å². The van der Waals surface area contributed by atoms with Gasteiger partial charge in [0.1, 0.15) is 11.5 Å². The van der Waals surface area contributed by atoms with Gasteiger partial charge in [-0.25, -0.2) is 4.39 Å². The molecule has 0 fully saturated rings. The van der Waals surface area contributed by atoms with Gasteiger partial charge in [-0.1, -0.05) is 19.4 Å². The van der Waals surface area contributed by atoms with Crippen molar-refractivity contribution in [1.82, 2.24) is 4.98 Å². The van der Waals surface area contributed by atoms with Crippen LogP contribution in [-0.2, 0) is 0 Å². The number of rotatable bonds is 6. The Bertz CT molecular complexity index is 645. The number of nitrogens with zero attached hydrogens (tertiary/aromatic N) is 2. The molecule has 116 valence electrons. The van der Waals surface area contributed by atoms with Crippen molar-refractivity contribution in [2.45, 2.75) is 19.8 Å². The summed E-state index contributed by atoms with van der Waals surface area (Å²) in [6.45, 7) is 3.06. The summed E-state index contributed by atoms with van der Waals surface area (Å²) in [7, 11) is 1.99. The Hall–Kier alpha value is -2.43. The molecule has 0 bridgehead atoms. The smallest absolute Gasteiger partial charge is 0.274 e. The minimum absolute atomic E-state index is 0.310. The minimum atomic E-state index is -0.390. The molecule has 0 spiro atoms. The maximum Gasteiger partial charge on any atom is 0.274 e. The number of unbranched alkanes of at least 4 members (excludes halogenated alkanes) is 1. The van der Waals surface area contributed by atoms with E-state index in [-0.39, 0.29) is 11.7 Å². The van der Waals surface area contributed by atoms with Gasteiger partial charge in [-0.3, -0.25) is 9.78 Å². The molecule has 1 heterocycles. The molecule has 0 saturated carbocycles. The highest BCUT2D eigenvalue weighted by Gasteiger charge is 2.10. The number of aromatic nitrogens is 1. The second kappa shape index (κ2) is 7.54. The first-order valence-corrected chi connectivity index (χ1v) is 7.34. The van der Waals surface area contributed by atoms with Crippen molar-refractivity contribution in [2.24, 2.45) is 0 Å². The van der Waals surface area contributed by atoms with Gasteiger partial charge in [0.15, 0.2) is 0 Å². The van der Waals surface area contributed by atoms with Crippen LogP contribution in [0, 0.1) is 5.82 Å². The van der Waals surface area contributed by atoms with Gasteiger partial charge in [0.2, 0.25) is 0 Å². The van der Waals surface area contributed by atoms with E-state index in [0.29, 0.717) is 11.4 Å². The van der Waals surface area contributed by atoms with Crippen molar-refractivity contribution < 1.29 is 9.18 Å². The monoisotopic (exact) mass is 301 g/mol. The van der Waals surface area contributed by atoms with Gasteiger partial charge >= 0.3 is 0 Å². The molecule has 0 atom stereocenters. The fourth-order valence-electron chi connectivity index (χ4n) is 2.07. The third-order valence-electron chi connectivity index (χ3n) is 3.35. The predicted molar refractivity (Wildman–Crippen MR) is 86.8 cm³/mol. The van der Waals surface area contributed by atoms with Crippen molar-refractivity contribution in [2.75, 3.05) is 23.8 Å². The number of hydrogen-bond donors (Lipinski definition) is 1. The molecule has 0 aliphatic carbocycles. The fourth-order valence-corrected chi connectivity index (χ4v) is 2.07. The Morgan fingerprint density at radius 2 is 2.14 bits per heavy atom. The first kappa shape index (κ1) is 15.9. The lowest BCUT2D eigenvalue weighted by Crippen LogP contribution is -2.20. The predicted octanol–water partition coefficient (Wildman–Crippen LogP) is 3.71. The number of halogens is 1. The number of pyridine rings is 1. The Kier molecular flexibility index (Phi) is 5.47. The second-order valence-corrected chi connectivity index (χ2v) is 5.14. The van der Waals surface area contributed by atoms with Crippen LogP contribution in [0.25, 0.3) is 0 Å². The van der Waals surface area contributed by atoms with E-state index >= 15 is 0 Å². The van der Waals surface area contributed by atoms with Crippen LogP contribution in [0.4, 0.5) is 15.8 Å². The van der Waals surface area contributed by atoms with Gasteiger partial charge < -0.3 is 10.2 Å². The quantitative estimate of drug-likeness (QED) is 0.884. The van der Waals surface area contributed by atoms with Crippen LogP contribution in [-0.4, -0.2) is 24.5 Å². The van der Waals surface area contributed by atoms with Crippen molar-refractivity contribution in [3.63, 3.8) is 0 Å². The average Bonchev–Trinajstić information content (AvgIpc) is 2.52. The maximum absolute atomic E-state index is 13.1. The summed E-state index contributed by atoms with van der Waals surface area (Å²) in [6.07, 6.45) is 3.81. The lowest BCUT2D eigenvalue weighted by atomic mass is 10.2. The van der Waals surface area contributed by atoms with Crippen LogP contribution in [0.5, 0.6) is 0 Å². The number of amides is 1. The van der Waals surface area contributed by atoms with E-state index < -0.39 is 0 Å². The maximum atomic E-state index is 13.1. The lowest BCUT2D eigenvalue weighted by Gasteiger charge is -2.19. The first-order valence-electron chi connectivity index (χ1n) is 7.34. The summed E-state index contributed by atoms with van der Waals surface area (Å²) in [4.78, 5) is 18.4. The molecular formula is C17H20FN3O. The van der Waals surface area contributed by atoms with E-state index in [1.165, 1.54) is 12.1 Å². The standard InChI is InChI=1S/C17H20FN3O/c1-3-4-10-21(2)15-8-9-19-16(12-15)17(22)20-14-7-5-6-13(18)11-14/h5-9,11-12H,3-4,10H2,1-2H3,(H,20,22). The topological polar surface area (TPSA) is 45.2 Å². The normalized spacial score (nSPS) is 10.3. The number of hydrogen-bond acceptors (Lipinski definition) is 3. The van der Waals surface area contributed by atoms with Crippen LogP contribution in [0.2, 0.25) is 0 Å². The Labute approximate surface area is 130 Å². The number of benzene rings is 1. The number of carbonyl (C=O) groups is 1. The van der Waals surface area contributed by atoms with E-state index in [9.17, 15) is 9.18 Å². The third kappa shape index (κ3) is 4.28. The molecule has 22 heavy (non-hydrogen) atoms. The number of anilines is 2. The van der Waals surface area contributed by atoms with Crippen LogP contribution in [0.15, 0.2) is 42.6 Å². The summed E-state index contributed by atoms with van der Waals surface area (Å²) < 4.78 is 13.1. The van der Waals surface area contributed by atoms with Gasteiger partial charge in [0.25, 0.3) is 5.91 Å². The van der Waals surface area contributed by atoms with E-state index in [0.717, 1.165) is 25.1 Å². The van der Waals surface area contributed by atoms with Gasteiger partial charge in [0, 0.05) is 31.2 Å². The highest BCUT2D eigenvalue weighted by molar-refractivity contribution is 6.03. The number of nitrogens with one attached hydrogen (secondary N) is 1. The highest BCUT2D eigenvalue weighted by atomic mass is 19.1. The highest BCUT2D eigenvalue weighted by Crippen LogP contribution is 2.15. The Morgan fingerprint density at radius 1 is 1.32 bits per heavy atom. The van der Waals surface area contributed by atoms with Crippen LogP contribution in [0.1, 0.15) is 30.3 Å². The molecule has 2 aromatic rings. The zero-order valence-electron chi connectivity index (χ0n) is 12.8. The van der Waals surface area contributed by atoms with Gasteiger partial charge in [0.05, 0.1) is 0 Å². The largest absolute Gasteiger partial charge is 0.374 e. The average molecular weight is 301 g/mol.